The second-order valence-electron chi connectivity index (χ2n) is 5.83. The van der Waals surface area contributed by atoms with Crippen molar-refractivity contribution in [2.24, 2.45) is 0 Å². The first-order chi connectivity index (χ1) is 9.80. The molecular formula is C16H25NO4. The summed E-state index contributed by atoms with van der Waals surface area (Å²) in [5.41, 5.74) is 0.527. The minimum Gasteiger partial charge on any atom is -0.508 e. The molecule has 1 amide bonds. The number of carbonyl (C=O) groups excluding carboxylic acids is 1. The van der Waals surface area contributed by atoms with Gasteiger partial charge in [0.2, 0.25) is 0 Å². The molecule has 0 aliphatic carbocycles. The minimum atomic E-state index is -0.512. The van der Waals surface area contributed by atoms with Crippen molar-refractivity contribution in [1.82, 2.24) is 5.32 Å². The second kappa shape index (κ2) is 7.88. The Hall–Kier alpha value is -1.75. The maximum atomic E-state index is 11.6. The molecule has 0 saturated carbocycles. The summed E-state index contributed by atoms with van der Waals surface area (Å²) in [5, 5.41) is 12.0. The zero-order valence-electron chi connectivity index (χ0n) is 13.2. The number of phenolic OH excluding ortho intramolecular Hbond substituents is 1. The van der Waals surface area contributed by atoms with Crippen LogP contribution in [0.5, 0.6) is 5.75 Å². The lowest BCUT2D eigenvalue weighted by molar-refractivity contribution is 0.0383. The van der Waals surface area contributed by atoms with Crippen LogP contribution in [0.1, 0.15) is 33.3 Å². The van der Waals surface area contributed by atoms with Gasteiger partial charge in [0.25, 0.3) is 0 Å². The normalized spacial score (nSPS) is 12.8. The predicted octanol–water partition coefficient (Wildman–Crippen LogP) is 2.86. The average molecular weight is 295 g/mol. The number of phenols is 1. The third-order valence-electron chi connectivity index (χ3n) is 2.68. The Bertz CT molecular complexity index is 437. The summed E-state index contributed by atoms with van der Waals surface area (Å²) in [6.45, 7) is 8.33. The first kappa shape index (κ1) is 17.3. The molecule has 0 saturated heterocycles. The van der Waals surface area contributed by atoms with Gasteiger partial charge in [-0.3, -0.25) is 0 Å². The lowest BCUT2D eigenvalue weighted by Crippen LogP contribution is -2.38. The summed E-state index contributed by atoms with van der Waals surface area (Å²) in [7, 11) is 0. The monoisotopic (exact) mass is 295 g/mol. The van der Waals surface area contributed by atoms with Crippen molar-refractivity contribution in [2.75, 3.05) is 13.2 Å². The number of carbonyl (C=O) groups is 1. The standard InChI is InChI=1S/C16H25NO4/c1-5-20-14(10-12-6-8-13(18)9-7-12)11-17-15(19)21-16(2,3)4/h6-9,14,18H,5,10-11H2,1-4H3,(H,17,19)/t14-/m0/s1. The van der Waals surface area contributed by atoms with Crippen LogP contribution in [0.2, 0.25) is 0 Å². The van der Waals surface area contributed by atoms with Crippen LogP contribution in [0, 0.1) is 0 Å². The zero-order chi connectivity index (χ0) is 15.9. The van der Waals surface area contributed by atoms with Crippen LogP contribution in [0.15, 0.2) is 24.3 Å². The number of hydrogen-bond donors (Lipinski definition) is 2. The molecule has 0 aliphatic heterocycles. The topological polar surface area (TPSA) is 67.8 Å². The van der Waals surface area contributed by atoms with Gasteiger partial charge in [-0.2, -0.15) is 0 Å². The third-order valence-corrected chi connectivity index (χ3v) is 2.68. The molecule has 2 N–H and O–H groups in total. The van der Waals surface area contributed by atoms with Gasteiger partial charge in [0.05, 0.1) is 6.10 Å². The molecule has 0 spiro atoms. The molecule has 5 heteroatoms. The van der Waals surface area contributed by atoms with Gasteiger partial charge >= 0.3 is 6.09 Å². The number of amides is 1. The van der Waals surface area contributed by atoms with Crippen molar-refractivity contribution in [3.8, 4) is 5.75 Å². The van der Waals surface area contributed by atoms with Crippen LogP contribution >= 0.6 is 0 Å². The Labute approximate surface area is 126 Å². The fraction of sp³-hybridized carbons (Fsp3) is 0.562. The first-order valence-corrected chi connectivity index (χ1v) is 7.16. The van der Waals surface area contributed by atoms with Crippen LogP contribution in [-0.4, -0.2) is 36.1 Å². The van der Waals surface area contributed by atoms with E-state index in [4.69, 9.17) is 9.47 Å². The Morgan fingerprint density at radius 2 is 1.90 bits per heavy atom. The van der Waals surface area contributed by atoms with Crippen LogP contribution in [0.25, 0.3) is 0 Å². The van der Waals surface area contributed by atoms with Crippen molar-refractivity contribution < 1.29 is 19.4 Å². The van der Waals surface area contributed by atoms with Gasteiger partial charge in [0.15, 0.2) is 0 Å². The van der Waals surface area contributed by atoms with Crippen molar-refractivity contribution in [3.63, 3.8) is 0 Å². The molecule has 1 rings (SSSR count). The van der Waals surface area contributed by atoms with E-state index >= 15 is 0 Å². The third kappa shape index (κ3) is 7.56. The Kier molecular flexibility index (Phi) is 6.49. The van der Waals surface area contributed by atoms with E-state index in [0.717, 1.165) is 5.56 Å². The van der Waals surface area contributed by atoms with Gasteiger partial charge in [0, 0.05) is 19.6 Å². The lowest BCUT2D eigenvalue weighted by atomic mass is 10.1. The molecule has 0 heterocycles. The number of benzene rings is 1. The van der Waals surface area contributed by atoms with E-state index in [1.165, 1.54) is 0 Å². The highest BCUT2D eigenvalue weighted by Crippen LogP contribution is 2.12. The molecule has 0 radical (unpaired) electrons. The molecule has 0 aliphatic rings. The van der Waals surface area contributed by atoms with Gasteiger partial charge in [-0.1, -0.05) is 12.1 Å². The summed E-state index contributed by atoms with van der Waals surface area (Å²) in [6, 6.07) is 6.96. The molecule has 0 aromatic heterocycles. The average Bonchev–Trinajstić information content (AvgIpc) is 2.37. The van der Waals surface area contributed by atoms with E-state index in [1.54, 1.807) is 12.1 Å². The number of aromatic hydroxyl groups is 1. The van der Waals surface area contributed by atoms with Gasteiger partial charge < -0.3 is 19.9 Å². The Morgan fingerprint density at radius 3 is 2.43 bits per heavy atom. The van der Waals surface area contributed by atoms with Crippen LogP contribution in [-0.2, 0) is 15.9 Å². The predicted molar refractivity (Wildman–Crippen MR) is 81.5 cm³/mol. The number of hydrogen-bond acceptors (Lipinski definition) is 4. The molecule has 21 heavy (non-hydrogen) atoms. The Balaban J connectivity index is 2.49. The fourth-order valence-corrected chi connectivity index (χ4v) is 1.83. The minimum absolute atomic E-state index is 0.132. The zero-order valence-corrected chi connectivity index (χ0v) is 13.2. The number of nitrogens with one attached hydrogen (secondary N) is 1. The SMILES string of the molecule is CCO[C@H](CNC(=O)OC(C)(C)C)Cc1ccc(O)cc1. The molecule has 1 atom stereocenters. The van der Waals surface area contributed by atoms with E-state index in [-0.39, 0.29) is 11.9 Å². The first-order valence-electron chi connectivity index (χ1n) is 7.16. The van der Waals surface area contributed by atoms with E-state index in [2.05, 4.69) is 5.32 Å². The van der Waals surface area contributed by atoms with Gasteiger partial charge in [0.1, 0.15) is 11.4 Å². The van der Waals surface area contributed by atoms with Crippen molar-refractivity contribution in [3.05, 3.63) is 29.8 Å². The smallest absolute Gasteiger partial charge is 0.407 e. The summed E-state index contributed by atoms with van der Waals surface area (Å²) in [5.74, 6) is 0.235. The molecule has 5 nitrogen and oxygen atoms in total. The number of alkyl carbamates (subject to hydrolysis) is 1. The summed E-state index contributed by atoms with van der Waals surface area (Å²) >= 11 is 0. The highest BCUT2D eigenvalue weighted by atomic mass is 16.6. The van der Waals surface area contributed by atoms with E-state index in [1.807, 2.05) is 39.8 Å². The maximum Gasteiger partial charge on any atom is 0.407 e. The highest BCUT2D eigenvalue weighted by molar-refractivity contribution is 5.67. The summed E-state index contributed by atoms with van der Waals surface area (Å²) < 4.78 is 10.8. The number of ether oxygens (including phenoxy) is 2. The largest absolute Gasteiger partial charge is 0.508 e. The van der Waals surface area contributed by atoms with Crippen molar-refractivity contribution in [2.45, 2.75) is 45.8 Å². The highest BCUT2D eigenvalue weighted by Gasteiger charge is 2.17. The van der Waals surface area contributed by atoms with Gasteiger partial charge in [-0.15, -0.1) is 0 Å². The van der Waals surface area contributed by atoms with Gasteiger partial charge in [-0.25, -0.2) is 4.79 Å². The number of rotatable bonds is 6. The fourth-order valence-electron chi connectivity index (χ4n) is 1.83. The maximum absolute atomic E-state index is 11.6. The summed E-state index contributed by atoms with van der Waals surface area (Å²) in [4.78, 5) is 11.6. The lowest BCUT2D eigenvalue weighted by Gasteiger charge is -2.22. The van der Waals surface area contributed by atoms with Gasteiger partial charge in [-0.05, 0) is 45.4 Å². The van der Waals surface area contributed by atoms with Crippen LogP contribution < -0.4 is 5.32 Å². The van der Waals surface area contributed by atoms with E-state index in [9.17, 15) is 9.90 Å². The second-order valence-corrected chi connectivity index (χ2v) is 5.83. The van der Waals surface area contributed by atoms with Crippen molar-refractivity contribution in [1.29, 1.82) is 0 Å². The summed E-state index contributed by atoms with van der Waals surface area (Å²) in [6.07, 6.45) is 0.0779. The van der Waals surface area contributed by atoms with E-state index in [0.29, 0.717) is 19.6 Å². The van der Waals surface area contributed by atoms with Crippen LogP contribution in [0.3, 0.4) is 0 Å². The Morgan fingerprint density at radius 1 is 1.29 bits per heavy atom. The molecule has 0 bridgehead atoms. The molecule has 118 valence electrons. The molecular weight excluding hydrogens is 270 g/mol. The molecule has 0 fully saturated rings. The van der Waals surface area contributed by atoms with Crippen molar-refractivity contribution >= 4 is 6.09 Å². The van der Waals surface area contributed by atoms with E-state index < -0.39 is 11.7 Å². The van der Waals surface area contributed by atoms with Crippen LogP contribution in [0.4, 0.5) is 4.79 Å². The molecule has 1 aromatic rings. The quantitative estimate of drug-likeness (QED) is 0.847. The molecule has 1 aromatic carbocycles. The molecule has 0 unspecified atom stereocenters.